The molecule has 0 N–H and O–H groups in total. The van der Waals surface area contributed by atoms with E-state index in [0.29, 0.717) is 0 Å². The molecule has 0 spiro atoms. The zero-order valence-electron chi connectivity index (χ0n) is 13.2. The minimum Gasteiger partial charge on any atom is -0.441 e. The third-order valence-corrected chi connectivity index (χ3v) is 5.02. The van der Waals surface area contributed by atoms with Gasteiger partial charge in [0.25, 0.3) is 5.69 Å². The molecule has 0 bridgehead atoms. The lowest BCUT2D eigenvalue weighted by Gasteiger charge is -2.14. The smallest absolute Gasteiger partial charge is 0.304 e. The summed E-state index contributed by atoms with van der Waals surface area (Å²) in [5.74, 6) is -0.781. The number of rotatable bonds is 6. The first-order chi connectivity index (χ1) is 11.8. The summed E-state index contributed by atoms with van der Waals surface area (Å²) in [6, 6.07) is 13.4. The maximum Gasteiger partial charge on any atom is 0.304 e. The van der Waals surface area contributed by atoms with Gasteiger partial charge in [-0.25, -0.2) is 8.42 Å². The lowest BCUT2D eigenvalue weighted by atomic mass is 10.1. The Kier molecular flexibility index (Phi) is 5.66. The van der Waals surface area contributed by atoms with Crippen LogP contribution in [0.3, 0.4) is 0 Å². The number of benzene rings is 2. The van der Waals surface area contributed by atoms with E-state index in [1.165, 1.54) is 36.4 Å². The van der Waals surface area contributed by atoms with Crippen LogP contribution in [0.15, 0.2) is 65.6 Å². The van der Waals surface area contributed by atoms with Crippen molar-refractivity contribution in [2.45, 2.75) is 17.3 Å². The van der Waals surface area contributed by atoms with Gasteiger partial charge in [0.1, 0.15) is 0 Å². The molecule has 0 aliphatic heterocycles. The minimum atomic E-state index is -4.00. The molecular weight excluding hydrogens is 346 g/mol. The molecule has 25 heavy (non-hydrogen) atoms. The van der Waals surface area contributed by atoms with E-state index in [2.05, 4.69) is 0 Å². The van der Waals surface area contributed by atoms with Crippen LogP contribution in [0.2, 0.25) is 0 Å². The van der Waals surface area contributed by atoms with Gasteiger partial charge in [-0.3, -0.25) is 14.9 Å². The van der Waals surface area contributed by atoms with Crippen molar-refractivity contribution in [2.24, 2.45) is 0 Å². The number of hydrogen-bond donors (Lipinski definition) is 0. The Morgan fingerprint density at radius 3 is 2.32 bits per heavy atom. The van der Waals surface area contributed by atoms with Crippen molar-refractivity contribution in [1.82, 2.24) is 0 Å². The molecule has 1 atom stereocenters. The van der Waals surface area contributed by atoms with Crippen LogP contribution in [-0.4, -0.2) is 24.7 Å². The first-order valence-electron chi connectivity index (χ1n) is 7.20. The van der Waals surface area contributed by atoms with E-state index in [4.69, 9.17) is 4.74 Å². The van der Waals surface area contributed by atoms with Crippen molar-refractivity contribution in [3.05, 3.63) is 76.4 Å². The molecule has 0 fully saturated rings. The lowest BCUT2D eigenvalue weighted by Crippen LogP contribution is -2.24. The van der Waals surface area contributed by atoms with Crippen molar-refractivity contribution in [3.63, 3.8) is 0 Å². The zero-order chi connectivity index (χ0) is 18.4. The molecule has 7 nitrogen and oxygen atoms in total. The molecule has 2 aromatic rings. The summed E-state index contributed by atoms with van der Waals surface area (Å²) in [4.78, 5) is 21.7. The van der Waals surface area contributed by atoms with Crippen molar-refractivity contribution in [1.29, 1.82) is 0 Å². The third kappa shape index (κ3) is 4.51. The predicted octanol–water partition coefficient (Wildman–Crippen LogP) is 2.97. The highest BCUT2D eigenvalue weighted by molar-refractivity contribution is 7.92. The minimum absolute atomic E-state index is 0.0199. The Bertz CT molecular complexity index is 906. The Hall–Kier alpha value is -3.00. The number of nitro benzene ring substituents is 1. The van der Waals surface area contributed by atoms with Crippen LogP contribution in [0.5, 0.6) is 0 Å². The quantitative estimate of drug-likeness (QED) is 0.445. The van der Waals surface area contributed by atoms with E-state index < -0.39 is 26.2 Å². The summed E-state index contributed by atoms with van der Waals surface area (Å²) in [5, 5.41) is 11.0. The predicted molar refractivity (Wildman–Crippen MR) is 91.3 cm³/mol. The Morgan fingerprint density at radius 1 is 1.12 bits per heavy atom. The molecule has 130 valence electrons. The average molecular weight is 361 g/mol. The van der Waals surface area contributed by atoms with Crippen LogP contribution in [-0.2, 0) is 19.4 Å². The van der Waals surface area contributed by atoms with Gasteiger partial charge in [0.2, 0.25) is 15.3 Å². The Balaban J connectivity index is 2.43. The summed E-state index contributed by atoms with van der Waals surface area (Å²) >= 11 is 0. The fourth-order valence-electron chi connectivity index (χ4n) is 2.09. The molecule has 2 aromatic carbocycles. The number of sulfone groups is 1. The summed E-state index contributed by atoms with van der Waals surface area (Å²) in [6.45, 7) is 1.09. The molecular formula is C17H15NO6S. The second-order valence-electron chi connectivity index (χ2n) is 5.01. The molecule has 8 heteroatoms. The number of ether oxygens (including phenoxy) is 1. The van der Waals surface area contributed by atoms with Crippen LogP contribution in [0.4, 0.5) is 5.69 Å². The van der Waals surface area contributed by atoms with Gasteiger partial charge in [0, 0.05) is 13.0 Å². The van der Waals surface area contributed by atoms with E-state index in [1.54, 1.807) is 24.3 Å². The Labute approximate surface area is 144 Å². The van der Waals surface area contributed by atoms with Gasteiger partial charge in [0.05, 0.1) is 15.4 Å². The normalized spacial score (nSPS) is 12.7. The van der Waals surface area contributed by atoms with Gasteiger partial charge in [-0.1, -0.05) is 30.3 Å². The van der Waals surface area contributed by atoms with Crippen molar-refractivity contribution in [3.8, 4) is 0 Å². The number of nitro groups is 1. The SMILES string of the molecule is CC(=O)O[C@H](/C=C/c1ccccc1[N+](=O)[O-])S(=O)(=O)c1ccccc1. The average Bonchev–Trinajstić information content (AvgIpc) is 2.59. The number of para-hydroxylation sites is 1. The fourth-order valence-corrected chi connectivity index (χ4v) is 3.44. The fraction of sp³-hybridized carbons (Fsp3) is 0.118. The first kappa shape index (κ1) is 18.3. The van der Waals surface area contributed by atoms with Crippen molar-refractivity contribution in [2.75, 3.05) is 0 Å². The number of esters is 1. The maximum absolute atomic E-state index is 12.6. The summed E-state index contributed by atoms with van der Waals surface area (Å²) in [7, 11) is -4.00. The van der Waals surface area contributed by atoms with E-state index >= 15 is 0 Å². The zero-order valence-corrected chi connectivity index (χ0v) is 14.0. The molecule has 0 heterocycles. The summed E-state index contributed by atoms with van der Waals surface area (Å²) in [6.07, 6.45) is 2.37. The number of nitrogens with zero attached hydrogens (tertiary/aromatic N) is 1. The van der Waals surface area contributed by atoms with Crippen LogP contribution < -0.4 is 0 Å². The number of hydrogen-bond acceptors (Lipinski definition) is 6. The first-order valence-corrected chi connectivity index (χ1v) is 8.75. The summed E-state index contributed by atoms with van der Waals surface area (Å²) in [5.41, 5.74) is -1.57. The molecule has 0 aliphatic rings. The second kappa shape index (κ2) is 7.71. The lowest BCUT2D eigenvalue weighted by molar-refractivity contribution is -0.385. The van der Waals surface area contributed by atoms with E-state index in [-0.39, 0.29) is 16.1 Å². The van der Waals surface area contributed by atoms with Crippen LogP contribution in [0.25, 0.3) is 6.08 Å². The van der Waals surface area contributed by atoms with Crippen LogP contribution in [0.1, 0.15) is 12.5 Å². The molecule has 0 amide bonds. The van der Waals surface area contributed by atoms with Gasteiger partial charge < -0.3 is 4.74 Å². The van der Waals surface area contributed by atoms with E-state index in [0.717, 1.165) is 13.0 Å². The summed E-state index contributed by atoms with van der Waals surface area (Å²) < 4.78 is 30.2. The molecule has 0 saturated carbocycles. The molecule has 0 aromatic heterocycles. The molecule has 0 saturated heterocycles. The molecule has 0 aliphatic carbocycles. The molecule has 0 radical (unpaired) electrons. The van der Waals surface area contributed by atoms with Gasteiger partial charge in [-0.05, 0) is 30.4 Å². The highest BCUT2D eigenvalue weighted by Crippen LogP contribution is 2.22. The van der Waals surface area contributed by atoms with E-state index in [9.17, 15) is 23.3 Å². The third-order valence-electron chi connectivity index (χ3n) is 3.23. The Morgan fingerprint density at radius 2 is 1.72 bits per heavy atom. The highest BCUT2D eigenvalue weighted by Gasteiger charge is 2.28. The monoisotopic (exact) mass is 361 g/mol. The standard InChI is InChI=1S/C17H15NO6S/c1-13(19)24-17(25(22,23)15-8-3-2-4-9-15)12-11-14-7-5-6-10-16(14)18(20)21/h2-12,17H,1H3/b12-11+/t17-/m0/s1. The maximum atomic E-state index is 12.6. The van der Waals surface area contributed by atoms with Gasteiger partial charge in [0.15, 0.2) is 0 Å². The van der Waals surface area contributed by atoms with E-state index in [1.807, 2.05) is 0 Å². The van der Waals surface area contributed by atoms with Crippen molar-refractivity contribution >= 4 is 27.6 Å². The number of carbonyl (C=O) groups excluding carboxylic acids is 1. The van der Waals surface area contributed by atoms with Crippen LogP contribution in [0, 0.1) is 10.1 Å². The second-order valence-corrected chi connectivity index (χ2v) is 7.04. The molecule has 0 unspecified atom stereocenters. The highest BCUT2D eigenvalue weighted by atomic mass is 32.2. The van der Waals surface area contributed by atoms with Crippen LogP contribution >= 0.6 is 0 Å². The van der Waals surface area contributed by atoms with Crippen molar-refractivity contribution < 1.29 is 22.9 Å². The van der Waals surface area contributed by atoms with Gasteiger partial charge >= 0.3 is 5.97 Å². The van der Waals surface area contributed by atoms with Gasteiger partial charge in [-0.2, -0.15) is 0 Å². The number of carbonyl (C=O) groups is 1. The largest absolute Gasteiger partial charge is 0.441 e. The molecule has 2 rings (SSSR count). The van der Waals surface area contributed by atoms with Gasteiger partial charge in [-0.15, -0.1) is 0 Å². The topological polar surface area (TPSA) is 104 Å².